The predicted molar refractivity (Wildman–Crippen MR) is 442 cm³/mol. The van der Waals surface area contributed by atoms with Gasteiger partial charge < -0.3 is 145 Å². The van der Waals surface area contributed by atoms with Crippen LogP contribution in [0.2, 0.25) is 0 Å². The third kappa shape index (κ3) is 33.5. The van der Waals surface area contributed by atoms with E-state index >= 15 is 0 Å². The summed E-state index contributed by atoms with van der Waals surface area (Å²) in [4.78, 5) is 218. The summed E-state index contributed by atoms with van der Waals surface area (Å²) in [5.74, 6) is -23.6. The number of aromatic hydroxyl groups is 2. The van der Waals surface area contributed by atoms with Gasteiger partial charge in [0.1, 0.15) is 65.9 Å². The molecule has 2 saturated carbocycles. The zero-order chi connectivity index (χ0) is 91.5. The van der Waals surface area contributed by atoms with Crippen molar-refractivity contribution in [2.75, 3.05) is 40.4 Å². The molecule has 123 heavy (non-hydrogen) atoms. The fourth-order valence-electron chi connectivity index (χ4n) is 13.3. The van der Waals surface area contributed by atoms with Gasteiger partial charge in [0.25, 0.3) is 0 Å². The molecular weight excluding hydrogens is 1610 g/mol. The van der Waals surface area contributed by atoms with Crippen LogP contribution >= 0.6 is 0 Å². The Bertz CT molecular complexity index is 4210. The maximum atomic E-state index is 14.8. The average molecular weight is 1730 g/mol. The van der Waals surface area contributed by atoms with Gasteiger partial charge in [-0.25, -0.2) is 4.98 Å². The van der Waals surface area contributed by atoms with Gasteiger partial charge in [-0.1, -0.05) is 58.4 Å². The smallest absolute Gasteiger partial charge is 0.311 e. The van der Waals surface area contributed by atoms with Crippen molar-refractivity contribution >= 4 is 113 Å². The number of hydrogen-bond donors (Lipinski definition) is 29. The van der Waals surface area contributed by atoms with Crippen molar-refractivity contribution in [1.29, 1.82) is 21.6 Å². The van der Waals surface area contributed by atoms with Crippen molar-refractivity contribution in [2.24, 2.45) is 75.6 Å². The molecular formula is C76H118N28O19. The van der Waals surface area contributed by atoms with E-state index in [0.29, 0.717) is 23.2 Å². The predicted octanol–water partition coefficient (Wildman–Crippen LogP) is -8.15. The van der Waals surface area contributed by atoms with E-state index < -0.39 is 221 Å². The summed E-state index contributed by atoms with van der Waals surface area (Å²) in [5, 5.41) is 89.0. The van der Waals surface area contributed by atoms with Crippen LogP contribution in [0.3, 0.4) is 0 Å². The monoisotopic (exact) mass is 1730 g/mol. The third-order valence-electron chi connectivity index (χ3n) is 20.2. The van der Waals surface area contributed by atoms with Crippen LogP contribution in [0, 0.1) is 57.1 Å². The minimum absolute atomic E-state index is 0.00301. The van der Waals surface area contributed by atoms with Crippen LogP contribution in [0.15, 0.2) is 61.1 Å². The zero-order valence-corrected chi connectivity index (χ0v) is 69.2. The van der Waals surface area contributed by atoms with E-state index in [2.05, 4.69) is 89.7 Å². The van der Waals surface area contributed by atoms with Gasteiger partial charge in [-0.2, -0.15) is 0 Å². The Balaban J connectivity index is 1.38. The van der Waals surface area contributed by atoms with Gasteiger partial charge in [0, 0.05) is 51.6 Å². The van der Waals surface area contributed by atoms with Crippen LogP contribution in [0.1, 0.15) is 115 Å². The van der Waals surface area contributed by atoms with Gasteiger partial charge in [-0.05, 0) is 105 Å². The molecule has 36 N–H and O–H groups in total. The number of primary amides is 2. The van der Waals surface area contributed by atoms with E-state index in [0.717, 1.165) is 14.2 Å². The number of phenols is 2. The lowest BCUT2D eigenvalue weighted by atomic mass is 9.96. The number of methoxy groups -OCH3 is 2. The Labute approximate surface area is 708 Å². The van der Waals surface area contributed by atoms with E-state index in [-0.39, 0.29) is 121 Å². The van der Waals surface area contributed by atoms with Gasteiger partial charge in [0.2, 0.25) is 76.8 Å². The molecule has 0 spiro atoms. The molecule has 2 aliphatic rings. The standard InChI is InChI=1S/C76H118N28O19/c1-7-36(4)56(102-67(116)48(30-38-18-22-41(106)23-19-38)100-65(114)49(31-39-33-88-34-93-39)98-60(109)42(77)12-8-24-89-73(80)81)70(119)101-50(32-51(78)107)66(115)99-47(28-35(2)3)64(113)94-44(14-10-26-91-75(84)85)62(111)103-57-53(55(57)72(121)123-6)69(118)96-45(15-11-27-92-76(86)87)63(112)104-58-52(54(58)71(120)122-5)68(117)95-43(13-9-25-90-74(82)83)61(110)97-46(59(79)108)29-37-16-20-40(105)21-17-37/h16-23,33-36,42-50,52-58,105-106H,7-15,24-32,77H2,1-6H3,(H2,78,107)(H2,79,108)(H,88,93)(H,94,113)(H,95,117)(H,96,118)(H,97,110)(H,98,109)(H,99,115)(H,100,114)(H,101,119)(H,102,116)(H,103,111)(H,104,112)(H4,80,81,89)(H4,82,83,90)(H4,84,85,91)(H4,86,87,92)/t36-,42-,43-,44-,45-,46-,47-,48-,49-,50-,52+,53+,54+,55+,56-,57+,58+/m0/s1. The molecule has 0 saturated heterocycles. The fraction of sp³-hybridized carbons (Fsp3) is 0.553. The number of nitrogens with two attached hydrogens (primary N) is 7. The highest BCUT2D eigenvalue weighted by Crippen LogP contribution is 2.42. The summed E-state index contributed by atoms with van der Waals surface area (Å²) in [6.07, 6.45) is 1.20. The highest BCUT2D eigenvalue weighted by molar-refractivity contribution is 6.02. The third-order valence-corrected chi connectivity index (χ3v) is 20.2. The van der Waals surface area contributed by atoms with Gasteiger partial charge in [0.05, 0.1) is 74.5 Å². The number of carbonyl (C=O) groups is 15. The second-order valence-electron chi connectivity index (χ2n) is 30.3. The molecule has 3 aromatic rings. The number of imidazole rings is 1. The first-order valence-electron chi connectivity index (χ1n) is 39.8. The SMILES string of the molecule is CC[C@H](C)[C@H](NC(=O)[C@H](Cc1ccc(O)cc1)NC(=O)[C@H](Cc1c[nH]cn1)NC(=O)[C@@H](N)CCCNC(=N)N)C(=O)N[C@@H](CC(N)=O)C(=O)N[C@@H](CC(C)C)C(=O)N[C@@H](CCCNC(=N)N)C(=O)N[C@@H]1[C@H](C(=O)N[C@@H](CCCNC(=N)N)C(=O)N[C@@H]2[C@H](C(=O)N[C@@H](CCCNC(=N)N)C(=O)N[C@@H](Cc3ccc(O)cc3)C(N)=O)[C@H]2C(=O)OC)[C@H]1C(=O)OC. The first kappa shape index (κ1) is 99.9. The highest BCUT2D eigenvalue weighted by Gasteiger charge is 2.63. The number of benzene rings is 2. The van der Waals surface area contributed by atoms with Crippen molar-refractivity contribution in [3.63, 3.8) is 0 Å². The molecule has 1 heterocycles. The molecule has 13 amide bonds. The Morgan fingerprint density at radius 2 is 0.813 bits per heavy atom. The molecule has 17 atom stereocenters. The number of aromatic amines is 1. The Kier molecular flexibility index (Phi) is 39.9. The normalized spacial score (nSPS) is 18.1. The number of nitrogens with one attached hydrogen (secondary N) is 20. The molecule has 47 nitrogen and oxygen atoms in total. The van der Waals surface area contributed by atoms with E-state index in [4.69, 9.17) is 71.2 Å². The number of hydrogen-bond acceptors (Lipinski definition) is 25. The summed E-state index contributed by atoms with van der Waals surface area (Å²) in [5.41, 5.74) is 40.7. The number of carbonyl (C=O) groups excluding carboxylic acids is 15. The molecule has 0 bridgehead atoms. The van der Waals surface area contributed by atoms with E-state index in [1.807, 2.05) is 0 Å². The number of amides is 13. The molecule has 1 aromatic heterocycles. The number of esters is 2. The Hall–Kier alpha value is -13.7. The van der Waals surface area contributed by atoms with Crippen LogP contribution < -0.4 is 120 Å². The molecule has 2 aromatic carbocycles. The minimum atomic E-state index is -1.87. The van der Waals surface area contributed by atoms with Gasteiger partial charge in [-0.15, -0.1) is 0 Å². The van der Waals surface area contributed by atoms with E-state index in [1.165, 1.54) is 61.1 Å². The maximum absolute atomic E-state index is 14.8. The molecule has 0 aliphatic heterocycles. The molecule has 676 valence electrons. The number of nitrogens with zero attached hydrogens (tertiary/aromatic N) is 1. The molecule has 2 fully saturated rings. The van der Waals surface area contributed by atoms with Crippen molar-refractivity contribution in [3.05, 3.63) is 77.9 Å². The second kappa shape index (κ2) is 49.2. The lowest BCUT2D eigenvalue weighted by Crippen LogP contribution is -2.61. The van der Waals surface area contributed by atoms with Crippen LogP contribution in [0.5, 0.6) is 11.5 Å². The summed E-state index contributed by atoms with van der Waals surface area (Å²) in [7, 11) is 2.01. The molecule has 5 rings (SSSR count). The summed E-state index contributed by atoms with van der Waals surface area (Å²) in [6.45, 7) is 6.78. The van der Waals surface area contributed by atoms with Gasteiger partial charge >= 0.3 is 11.9 Å². The number of aromatic nitrogens is 2. The van der Waals surface area contributed by atoms with Crippen LogP contribution in [0.25, 0.3) is 0 Å². The summed E-state index contributed by atoms with van der Waals surface area (Å²) < 4.78 is 10.0. The lowest BCUT2D eigenvalue weighted by Gasteiger charge is -2.30. The average Bonchev–Trinajstić information content (AvgIpc) is 1.59. The number of rotatable bonds is 53. The Morgan fingerprint density at radius 3 is 1.23 bits per heavy atom. The van der Waals surface area contributed by atoms with Crippen LogP contribution in [-0.2, 0) is 101 Å². The largest absolute Gasteiger partial charge is 0.508 e. The molecule has 47 heteroatoms. The Morgan fingerprint density at radius 1 is 0.447 bits per heavy atom. The number of phenolic OH excluding ortho intramolecular Hbond substituents is 2. The van der Waals surface area contributed by atoms with E-state index in [1.54, 1.807) is 27.7 Å². The zero-order valence-electron chi connectivity index (χ0n) is 69.2. The van der Waals surface area contributed by atoms with Crippen molar-refractivity contribution < 1.29 is 91.6 Å². The lowest BCUT2D eigenvalue weighted by molar-refractivity contribution is -0.144. The molecule has 0 unspecified atom stereocenters. The minimum Gasteiger partial charge on any atom is -0.508 e. The van der Waals surface area contributed by atoms with Gasteiger partial charge in [-0.3, -0.25) is 93.6 Å². The first-order valence-corrected chi connectivity index (χ1v) is 39.8. The second-order valence-corrected chi connectivity index (χ2v) is 30.3. The van der Waals surface area contributed by atoms with Crippen molar-refractivity contribution in [3.8, 4) is 11.5 Å². The van der Waals surface area contributed by atoms with Crippen LogP contribution in [-0.4, -0.2) is 246 Å². The fourth-order valence-corrected chi connectivity index (χ4v) is 13.3. The van der Waals surface area contributed by atoms with Crippen molar-refractivity contribution in [2.45, 2.75) is 190 Å². The molecule has 0 radical (unpaired) electrons. The maximum Gasteiger partial charge on any atom is 0.311 e. The molecule has 2 aliphatic carbocycles. The highest BCUT2D eigenvalue weighted by atomic mass is 16.5. The first-order chi connectivity index (χ1) is 58.2. The number of ether oxygens (including phenoxy) is 2. The number of guanidine groups is 4. The summed E-state index contributed by atoms with van der Waals surface area (Å²) >= 11 is 0. The van der Waals surface area contributed by atoms with Crippen LogP contribution in [0.4, 0.5) is 0 Å². The van der Waals surface area contributed by atoms with E-state index in [9.17, 15) is 82.1 Å². The number of H-pyrrole nitrogens is 1. The quantitative estimate of drug-likeness (QED) is 0.0108. The topological polar surface area (TPSA) is 802 Å². The summed E-state index contributed by atoms with van der Waals surface area (Å²) in [6, 6.07) is -6.54. The van der Waals surface area contributed by atoms with Gasteiger partial charge in [0.15, 0.2) is 23.8 Å². The van der Waals surface area contributed by atoms with Crippen molar-refractivity contribution in [1.82, 2.24) is 89.7 Å².